The Balaban J connectivity index is 1.58. The smallest absolute Gasteiger partial charge is 0.494 e. The van der Waals surface area contributed by atoms with E-state index in [9.17, 15) is 18.0 Å². The van der Waals surface area contributed by atoms with Gasteiger partial charge in [-0.15, -0.1) is 13.2 Å². The molecule has 1 heterocycles. The maximum absolute atomic E-state index is 12.2. The van der Waals surface area contributed by atoms with E-state index in [0.717, 1.165) is 12.1 Å². The number of aromatic nitrogens is 2. The fourth-order valence-electron chi connectivity index (χ4n) is 2.30. The van der Waals surface area contributed by atoms with Gasteiger partial charge in [0, 0.05) is 5.56 Å². The van der Waals surface area contributed by atoms with Crippen LogP contribution in [0.1, 0.15) is 23.2 Å². The molecule has 0 atom stereocenters. The quantitative estimate of drug-likeness (QED) is 0.536. The maximum Gasteiger partial charge on any atom is 0.573 e. The van der Waals surface area contributed by atoms with Gasteiger partial charge in [0.1, 0.15) is 11.5 Å². The Morgan fingerprint density at radius 1 is 1.03 bits per heavy atom. The molecular weight excluding hydrogens is 393 g/mol. The minimum Gasteiger partial charge on any atom is -0.494 e. The van der Waals surface area contributed by atoms with Gasteiger partial charge in [0.05, 0.1) is 12.2 Å². The largest absolute Gasteiger partial charge is 0.573 e. The third kappa shape index (κ3) is 5.71. The van der Waals surface area contributed by atoms with Gasteiger partial charge in [-0.25, -0.2) is 4.79 Å². The van der Waals surface area contributed by atoms with E-state index in [4.69, 9.17) is 14.0 Å². The van der Waals surface area contributed by atoms with Gasteiger partial charge in [-0.05, 0) is 55.5 Å². The topological polar surface area (TPSA) is 83.7 Å². The highest BCUT2D eigenvalue weighted by molar-refractivity contribution is 5.89. The van der Waals surface area contributed by atoms with Crippen LogP contribution in [-0.4, -0.2) is 29.1 Å². The van der Waals surface area contributed by atoms with E-state index in [2.05, 4.69) is 14.9 Å². The summed E-state index contributed by atoms with van der Waals surface area (Å²) in [5, 5.41) is 3.72. The molecule has 0 aliphatic carbocycles. The number of carbonyl (C=O) groups is 1. The van der Waals surface area contributed by atoms with Gasteiger partial charge < -0.3 is 18.7 Å². The zero-order chi connectivity index (χ0) is 20.9. The Morgan fingerprint density at radius 2 is 1.69 bits per heavy atom. The summed E-state index contributed by atoms with van der Waals surface area (Å²) < 4.78 is 55.8. The molecule has 0 N–H and O–H groups in total. The fraction of sp³-hybridized carbons (Fsp3) is 0.211. The van der Waals surface area contributed by atoms with Gasteiger partial charge in [-0.1, -0.05) is 5.16 Å². The van der Waals surface area contributed by atoms with E-state index in [-0.39, 0.29) is 24.1 Å². The van der Waals surface area contributed by atoms with Crippen LogP contribution in [0.2, 0.25) is 0 Å². The third-order valence-corrected chi connectivity index (χ3v) is 3.54. The first-order chi connectivity index (χ1) is 13.8. The van der Waals surface area contributed by atoms with Crippen LogP contribution in [0.25, 0.3) is 11.4 Å². The first-order valence-corrected chi connectivity index (χ1v) is 8.43. The Bertz CT molecular complexity index is 953. The number of ether oxygens (including phenoxy) is 3. The predicted octanol–water partition coefficient (Wildman–Crippen LogP) is 4.39. The zero-order valence-electron chi connectivity index (χ0n) is 15.1. The molecule has 10 heteroatoms. The van der Waals surface area contributed by atoms with E-state index in [1.807, 2.05) is 6.92 Å². The number of benzene rings is 2. The van der Waals surface area contributed by atoms with Crippen LogP contribution in [0, 0.1) is 0 Å². The average Bonchev–Trinajstić information content (AvgIpc) is 3.15. The number of hydrogen-bond acceptors (Lipinski definition) is 7. The predicted molar refractivity (Wildman–Crippen MR) is 93.1 cm³/mol. The summed E-state index contributed by atoms with van der Waals surface area (Å²) in [5.41, 5.74) is 0.737. The number of hydrogen-bond donors (Lipinski definition) is 0. The fourth-order valence-corrected chi connectivity index (χ4v) is 2.30. The Morgan fingerprint density at radius 3 is 2.31 bits per heavy atom. The van der Waals surface area contributed by atoms with Crippen LogP contribution in [0.4, 0.5) is 13.2 Å². The molecule has 0 unspecified atom stereocenters. The molecule has 0 amide bonds. The van der Waals surface area contributed by atoms with Crippen molar-refractivity contribution in [1.29, 1.82) is 0 Å². The zero-order valence-corrected chi connectivity index (χ0v) is 15.1. The van der Waals surface area contributed by atoms with Crippen LogP contribution < -0.4 is 9.47 Å². The lowest BCUT2D eigenvalue weighted by atomic mass is 10.2. The summed E-state index contributed by atoms with van der Waals surface area (Å²) in [6.45, 7) is 2.11. The first kappa shape index (κ1) is 20.2. The average molecular weight is 408 g/mol. The molecule has 7 nitrogen and oxygen atoms in total. The summed E-state index contributed by atoms with van der Waals surface area (Å²) in [4.78, 5) is 16.1. The second kappa shape index (κ2) is 8.63. The lowest BCUT2D eigenvalue weighted by molar-refractivity contribution is -0.274. The maximum atomic E-state index is 12.2. The van der Waals surface area contributed by atoms with Crippen molar-refractivity contribution in [2.24, 2.45) is 0 Å². The van der Waals surface area contributed by atoms with E-state index in [1.165, 1.54) is 12.1 Å². The molecule has 0 aliphatic heterocycles. The monoisotopic (exact) mass is 408 g/mol. The second-order valence-electron chi connectivity index (χ2n) is 5.62. The molecule has 0 bridgehead atoms. The Hall–Kier alpha value is -3.56. The molecule has 3 rings (SSSR count). The van der Waals surface area contributed by atoms with Crippen molar-refractivity contribution in [3.05, 3.63) is 60.0 Å². The van der Waals surface area contributed by atoms with Crippen LogP contribution in [0.15, 0.2) is 53.1 Å². The standard InChI is InChI=1S/C19H15F3N2O5/c1-2-26-14-7-5-13(6-8-14)18(25)27-11-16-23-17(24-29-16)12-3-9-15(10-4-12)28-19(20,21)22/h3-10H,2,11H2,1H3. The van der Waals surface area contributed by atoms with Gasteiger partial charge in [0.15, 0.2) is 6.61 Å². The number of esters is 1. The number of nitrogens with zero attached hydrogens (tertiary/aromatic N) is 2. The van der Waals surface area contributed by atoms with Crippen molar-refractivity contribution < 1.29 is 36.7 Å². The summed E-state index contributed by atoms with van der Waals surface area (Å²) >= 11 is 0. The van der Waals surface area contributed by atoms with E-state index < -0.39 is 12.3 Å². The van der Waals surface area contributed by atoms with Gasteiger partial charge in [-0.3, -0.25) is 0 Å². The van der Waals surface area contributed by atoms with E-state index in [0.29, 0.717) is 23.5 Å². The van der Waals surface area contributed by atoms with Crippen molar-refractivity contribution in [1.82, 2.24) is 10.1 Å². The lowest BCUT2D eigenvalue weighted by Gasteiger charge is -2.08. The van der Waals surface area contributed by atoms with Gasteiger partial charge in [-0.2, -0.15) is 4.98 Å². The minimum atomic E-state index is -4.77. The van der Waals surface area contributed by atoms with Crippen molar-refractivity contribution in [2.45, 2.75) is 19.9 Å². The highest BCUT2D eigenvalue weighted by Crippen LogP contribution is 2.25. The highest BCUT2D eigenvalue weighted by atomic mass is 19.4. The molecule has 0 aliphatic rings. The van der Waals surface area contributed by atoms with Crippen LogP contribution in [0.5, 0.6) is 11.5 Å². The number of halogens is 3. The number of rotatable bonds is 7. The van der Waals surface area contributed by atoms with Gasteiger partial charge >= 0.3 is 12.3 Å². The highest BCUT2D eigenvalue weighted by Gasteiger charge is 2.31. The Labute approximate surface area is 163 Å². The second-order valence-corrected chi connectivity index (χ2v) is 5.62. The van der Waals surface area contributed by atoms with Crippen molar-refractivity contribution in [2.75, 3.05) is 6.61 Å². The molecule has 0 spiro atoms. The summed E-state index contributed by atoms with van der Waals surface area (Å²) in [6, 6.07) is 11.4. The Kier molecular flexibility index (Phi) is 6.01. The molecule has 0 fully saturated rings. The summed E-state index contributed by atoms with van der Waals surface area (Å²) in [7, 11) is 0. The normalized spacial score (nSPS) is 11.2. The molecule has 0 saturated carbocycles. The van der Waals surface area contributed by atoms with E-state index in [1.54, 1.807) is 24.3 Å². The molecule has 1 aromatic heterocycles. The third-order valence-electron chi connectivity index (χ3n) is 3.54. The van der Waals surface area contributed by atoms with Crippen molar-refractivity contribution >= 4 is 5.97 Å². The first-order valence-electron chi connectivity index (χ1n) is 8.43. The molecule has 152 valence electrons. The summed E-state index contributed by atoms with van der Waals surface area (Å²) in [5.74, 6) is -0.140. The minimum absolute atomic E-state index is 0.0369. The van der Waals surface area contributed by atoms with Crippen molar-refractivity contribution in [3.8, 4) is 22.9 Å². The SMILES string of the molecule is CCOc1ccc(C(=O)OCc2nc(-c3ccc(OC(F)(F)F)cc3)no2)cc1. The molecule has 0 saturated heterocycles. The molecule has 0 radical (unpaired) electrons. The lowest BCUT2D eigenvalue weighted by Crippen LogP contribution is -2.16. The van der Waals surface area contributed by atoms with Gasteiger partial charge in [0.2, 0.25) is 5.82 Å². The molecule has 29 heavy (non-hydrogen) atoms. The number of carbonyl (C=O) groups excluding carboxylic acids is 1. The number of alkyl halides is 3. The molecular formula is C19H15F3N2O5. The molecule has 2 aromatic carbocycles. The van der Waals surface area contributed by atoms with Crippen LogP contribution in [0.3, 0.4) is 0 Å². The molecule has 3 aromatic rings. The summed E-state index contributed by atoms with van der Waals surface area (Å²) in [6.07, 6.45) is -4.77. The van der Waals surface area contributed by atoms with Gasteiger partial charge in [0.25, 0.3) is 5.89 Å². The van der Waals surface area contributed by atoms with Crippen LogP contribution >= 0.6 is 0 Å². The van der Waals surface area contributed by atoms with E-state index >= 15 is 0 Å². The van der Waals surface area contributed by atoms with Crippen molar-refractivity contribution in [3.63, 3.8) is 0 Å². The van der Waals surface area contributed by atoms with Crippen LogP contribution in [-0.2, 0) is 11.3 Å².